The molecule has 1 saturated heterocycles. The first-order chi connectivity index (χ1) is 12.6. The van der Waals surface area contributed by atoms with E-state index in [1.165, 1.54) is 0 Å². The Morgan fingerprint density at radius 1 is 1.04 bits per heavy atom. The van der Waals surface area contributed by atoms with Gasteiger partial charge < -0.3 is 40.1 Å². The van der Waals surface area contributed by atoms with Gasteiger partial charge in [0, 0.05) is 6.61 Å². The van der Waals surface area contributed by atoms with Crippen LogP contribution in [0.3, 0.4) is 0 Å². The molecule has 27 heavy (non-hydrogen) atoms. The van der Waals surface area contributed by atoms with Crippen molar-refractivity contribution >= 4 is 0 Å². The Kier molecular flexibility index (Phi) is 8.04. The number of ether oxygens (including phenoxy) is 2. The lowest BCUT2D eigenvalue weighted by atomic mass is 9.61. The molecular weight excluding hydrogens is 356 g/mol. The van der Waals surface area contributed by atoms with Crippen LogP contribution in [0.1, 0.15) is 46.5 Å². The zero-order valence-corrected chi connectivity index (χ0v) is 16.4. The van der Waals surface area contributed by atoms with Gasteiger partial charge in [-0.25, -0.2) is 0 Å². The zero-order valence-electron chi connectivity index (χ0n) is 16.4. The molecule has 1 aliphatic carbocycles. The molecule has 0 bridgehead atoms. The van der Waals surface area contributed by atoms with Crippen LogP contribution in [0.4, 0.5) is 0 Å². The Hall–Kier alpha value is -0.320. The first-order valence-corrected chi connectivity index (χ1v) is 9.85. The van der Waals surface area contributed by atoms with Crippen LogP contribution in [0.25, 0.3) is 0 Å². The van der Waals surface area contributed by atoms with Crippen molar-refractivity contribution in [2.75, 3.05) is 13.2 Å². The lowest BCUT2D eigenvalue weighted by Gasteiger charge is -2.46. The Morgan fingerprint density at radius 3 is 2.30 bits per heavy atom. The van der Waals surface area contributed by atoms with Gasteiger partial charge in [0.2, 0.25) is 0 Å². The van der Waals surface area contributed by atoms with Crippen LogP contribution in [0, 0.1) is 17.3 Å². The molecule has 1 heterocycles. The number of hydrogen-bond acceptors (Lipinski definition) is 8. The normalized spacial score (nSPS) is 43.4. The molecule has 1 saturated carbocycles. The summed E-state index contributed by atoms with van der Waals surface area (Å²) in [5, 5.41) is 58.8. The summed E-state index contributed by atoms with van der Waals surface area (Å²) in [6.45, 7) is 5.58. The second-order valence-corrected chi connectivity index (χ2v) is 8.85. The smallest absolute Gasteiger partial charge is 0.186 e. The van der Waals surface area contributed by atoms with Gasteiger partial charge in [0.05, 0.1) is 18.8 Å². The third-order valence-electron chi connectivity index (χ3n) is 6.24. The summed E-state index contributed by atoms with van der Waals surface area (Å²) in [7, 11) is 0. The molecule has 0 aromatic heterocycles. The predicted octanol–water partition coefficient (Wildman–Crippen LogP) is -0.623. The lowest BCUT2D eigenvalue weighted by Crippen LogP contribution is -2.59. The summed E-state index contributed by atoms with van der Waals surface area (Å²) >= 11 is 0. The molecule has 0 aromatic carbocycles. The molecule has 0 aromatic rings. The van der Waals surface area contributed by atoms with Crippen LogP contribution in [0.15, 0.2) is 0 Å². The fraction of sp³-hybridized carbons (Fsp3) is 1.00. The van der Waals surface area contributed by atoms with Gasteiger partial charge in [-0.1, -0.05) is 13.8 Å². The van der Waals surface area contributed by atoms with Gasteiger partial charge in [-0.2, -0.15) is 0 Å². The highest BCUT2D eigenvalue weighted by Crippen LogP contribution is 2.46. The van der Waals surface area contributed by atoms with Gasteiger partial charge in [-0.05, 0) is 49.9 Å². The van der Waals surface area contributed by atoms with Crippen molar-refractivity contribution < 1.29 is 40.1 Å². The van der Waals surface area contributed by atoms with Gasteiger partial charge in [-0.3, -0.25) is 0 Å². The summed E-state index contributed by atoms with van der Waals surface area (Å²) < 4.78 is 11.1. The lowest BCUT2D eigenvalue weighted by molar-refractivity contribution is -0.310. The minimum atomic E-state index is -1.45. The summed E-state index contributed by atoms with van der Waals surface area (Å²) in [6, 6.07) is 0. The summed E-state index contributed by atoms with van der Waals surface area (Å²) in [4.78, 5) is 0. The molecule has 2 rings (SSSR count). The summed E-state index contributed by atoms with van der Waals surface area (Å²) in [6.07, 6.45) is -4.36. The van der Waals surface area contributed by atoms with Crippen molar-refractivity contribution in [3.05, 3.63) is 0 Å². The number of aliphatic hydroxyl groups excluding tert-OH is 6. The predicted molar refractivity (Wildman–Crippen MR) is 96.6 cm³/mol. The second kappa shape index (κ2) is 9.45. The Morgan fingerprint density at radius 2 is 1.70 bits per heavy atom. The van der Waals surface area contributed by atoms with Gasteiger partial charge in [-0.15, -0.1) is 0 Å². The quantitative estimate of drug-likeness (QED) is 0.337. The topological polar surface area (TPSA) is 140 Å². The molecule has 160 valence electrons. The van der Waals surface area contributed by atoms with Crippen LogP contribution in [0.2, 0.25) is 0 Å². The largest absolute Gasteiger partial charge is 0.396 e. The van der Waals surface area contributed by atoms with Crippen LogP contribution >= 0.6 is 0 Å². The van der Waals surface area contributed by atoms with Crippen molar-refractivity contribution in [3.8, 4) is 0 Å². The average molecular weight is 392 g/mol. The van der Waals surface area contributed by atoms with Gasteiger partial charge in [0.1, 0.15) is 24.4 Å². The molecule has 0 amide bonds. The van der Waals surface area contributed by atoms with Crippen LogP contribution in [-0.4, -0.2) is 86.8 Å². The Labute approximate surface area is 160 Å². The van der Waals surface area contributed by atoms with Crippen LogP contribution < -0.4 is 0 Å². The summed E-state index contributed by atoms with van der Waals surface area (Å²) in [5.74, 6) is 0.259. The molecule has 1 aliphatic heterocycles. The first-order valence-electron chi connectivity index (χ1n) is 9.85. The molecule has 0 radical (unpaired) electrons. The monoisotopic (exact) mass is 392 g/mol. The number of rotatable bonds is 7. The van der Waals surface area contributed by atoms with E-state index in [0.717, 1.165) is 6.42 Å². The average Bonchev–Trinajstić information content (AvgIpc) is 2.59. The fourth-order valence-electron chi connectivity index (χ4n) is 4.71. The Balaban J connectivity index is 1.92. The van der Waals surface area contributed by atoms with E-state index in [2.05, 4.69) is 13.8 Å². The molecule has 8 nitrogen and oxygen atoms in total. The molecule has 2 fully saturated rings. The number of hydrogen-bond donors (Lipinski definition) is 6. The van der Waals surface area contributed by atoms with E-state index in [-0.39, 0.29) is 30.0 Å². The molecular formula is C19H36O8. The highest BCUT2D eigenvalue weighted by molar-refractivity contribution is 4.92. The fourth-order valence-corrected chi connectivity index (χ4v) is 4.71. The standard InChI is InChI=1S/C19H36O8/c1-10(26-18-17(25)16(24)15(23)14(9-21)27-18)4-5-13-11(8-20)6-12(22)7-19(13,2)3/h10-18,20-25H,4-9H2,1-3H3/t10-,11+,12-,13+,14+,15+,16-,17+,18+/m0/s1. The molecule has 6 N–H and O–H groups in total. The highest BCUT2D eigenvalue weighted by Gasteiger charge is 2.45. The third-order valence-corrected chi connectivity index (χ3v) is 6.24. The Bertz CT molecular complexity index is 457. The highest BCUT2D eigenvalue weighted by atomic mass is 16.7. The van der Waals surface area contributed by atoms with Crippen molar-refractivity contribution in [1.82, 2.24) is 0 Å². The van der Waals surface area contributed by atoms with Crippen molar-refractivity contribution in [3.63, 3.8) is 0 Å². The zero-order chi connectivity index (χ0) is 20.4. The molecule has 0 unspecified atom stereocenters. The van der Waals surface area contributed by atoms with Crippen molar-refractivity contribution in [1.29, 1.82) is 0 Å². The van der Waals surface area contributed by atoms with E-state index < -0.39 is 43.4 Å². The van der Waals surface area contributed by atoms with Gasteiger partial charge in [0.25, 0.3) is 0 Å². The van der Waals surface area contributed by atoms with Gasteiger partial charge >= 0.3 is 0 Å². The maximum atomic E-state index is 10.1. The SMILES string of the molecule is C[C@@H](CC[C@@H]1[C@@H](CO)C[C@H](O)CC1(C)C)O[C@@H]1O[C@H](CO)[C@@H](O)[C@H](O)[C@H]1O. The van der Waals surface area contributed by atoms with E-state index in [4.69, 9.17) is 9.47 Å². The summed E-state index contributed by atoms with van der Waals surface area (Å²) in [5.41, 5.74) is -0.103. The van der Waals surface area contributed by atoms with Crippen LogP contribution in [-0.2, 0) is 9.47 Å². The molecule has 9 atom stereocenters. The number of aliphatic hydroxyl groups is 6. The molecule has 8 heteroatoms. The van der Waals surface area contributed by atoms with E-state index in [9.17, 15) is 30.6 Å². The second-order valence-electron chi connectivity index (χ2n) is 8.85. The maximum Gasteiger partial charge on any atom is 0.186 e. The van der Waals surface area contributed by atoms with E-state index >= 15 is 0 Å². The van der Waals surface area contributed by atoms with E-state index in [1.807, 2.05) is 6.92 Å². The molecule has 2 aliphatic rings. The van der Waals surface area contributed by atoms with Gasteiger partial charge in [0.15, 0.2) is 6.29 Å². The van der Waals surface area contributed by atoms with Crippen LogP contribution in [0.5, 0.6) is 0 Å². The molecule has 0 spiro atoms. The van der Waals surface area contributed by atoms with E-state index in [1.54, 1.807) is 0 Å². The van der Waals surface area contributed by atoms with E-state index in [0.29, 0.717) is 19.3 Å². The van der Waals surface area contributed by atoms with Crippen molar-refractivity contribution in [2.24, 2.45) is 17.3 Å². The minimum absolute atomic E-state index is 0.0307. The maximum absolute atomic E-state index is 10.1. The third kappa shape index (κ3) is 5.39. The minimum Gasteiger partial charge on any atom is -0.396 e. The van der Waals surface area contributed by atoms with Crippen molar-refractivity contribution in [2.45, 2.75) is 89.4 Å². The first kappa shape index (κ1) is 23.0.